The fourth-order valence-corrected chi connectivity index (χ4v) is 4.85. The van der Waals surface area contributed by atoms with Gasteiger partial charge in [0.15, 0.2) is 0 Å². The van der Waals surface area contributed by atoms with Crippen LogP contribution < -0.4 is 0 Å². The average Bonchev–Trinajstić information content (AvgIpc) is 3.01. The molecule has 0 amide bonds. The van der Waals surface area contributed by atoms with Gasteiger partial charge in [-0.05, 0) is 49.0 Å². The fourth-order valence-electron chi connectivity index (χ4n) is 4.85. The minimum absolute atomic E-state index is 0.323. The Morgan fingerprint density at radius 2 is 1.82 bits per heavy atom. The molecule has 0 saturated heterocycles. The first-order valence-electron chi connectivity index (χ1n) is 12.6. The Kier molecular flexibility index (Phi) is 10.9. The Hall–Kier alpha value is -3.07. The second-order valence-electron chi connectivity index (χ2n) is 8.41. The van der Waals surface area contributed by atoms with E-state index in [1.807, 2.05) is 51.1 Å². The maximum absolute atomic E-state index is 12.3. The second-order valence-corrected chi connectivity index (χ2v) is 8.41. The van der Waals surface area contributed by atoms with Crippen molar-refractivity contribution in [1.82, 2.24) is 4.57 Å². The maximum atomic E-state index is 12.3. The van der Waals surface area contributed by atoms with Crippen LogP contribution in [0.2, 0.25) is 0 Å². The number of ether oxygens (including phenoxy) is 1. The summed E-state index contributed by atoms with van der Waals surface area (Å²) in [5.74, 6) is 0.146. The Balaban J connectivity index is 0.00000199. The molecule has 1 aromatic carbocycles. The molecule has 3 nitrogen and oxygen atoms in total. The largest absolute Gasteiger partial charge is 0.465 e. The van der Waals surface area contributed by atoms with E-state index >= 15 is 0 Å². The molecule has 0 unspecified atom stereocenters. The summed E-state index contributed by atoms with van der Waals surface area (Å²) in [7, 11) is 1.42. The summed E-state index contributed by atoms with van der Waals surface area (Å²) in [5.41, 5.74) is 6.07. The van der Waals surface area contributed by atoms with Gasteiger partial charge in [-0.1, -0.05) is 89.1 Å². The highest BCUT2D eigenvalue weighted by Gasteiger charge is 2.27. The van der Waals surface area contributed by atoms with Crippen LogP contribution in [-0.2, 0) is 11.3 Å². The van der Waals surface area contributed by atoms with E-state index < -0.39 is 0 Å². The first kappa shape index (κ1) is 27.2. The molecule has 34 heavy (non-hydrogen) atoms. The molecule has 0 N–H and O–H groups in total. The number of nitrogens with zero attached hydrogens (tertiary/aromatic N) is 1. The Morgan fingerprint density at radius 1 is 1.15 bits per heavy atom. The number of allylic oxidation sites excluding steroid dienone is 7. The minimum atomic E-state index is -0.323. The first-order chi connectivity index (χ1) is 16.6. The van der Waals surface area contributed by atoms with Crippen LogP contribution in [0.1, 0.15) is 86.8 Å². The van der Waals surface area contributed by atoms with Gasteiger partial charge in [0.05, 0.1) is 18.4 Å². The summed E-state index contributed by atoms with van der Waals surface area (Å²) in [6.07, 6.45) is 17.4. The number of aromatic nitrogens is 1. The molecule has 0 radical (unpaired) electrons. The number of carbonyl (C=O) groups excluding carboxylic acids is 1. The third-order valence-electron chi connectivity index (χ3n) is 6.40. The predicted octanol–water partition coefficient (Wildman–Crippen LogP) is 8.78. The van der Waals surface area contributed by atoms with Gasteiger partial charge in [0.2, 0.25) is 0 Å². The number of benzene rings is 1. The van der Waals surface area contributed by atoms with Gasteiger partial charge in [0, 0.05) is 23.0 Å². The molecule has 0 bridgehead atoms. The van der Waals surface area contributed by atoms with Crippen LogP contribution in [0.25, 0.3) is 16.5 Å². The van der Waals surface area contributed by atoms with E-state index in [0.717, 1.165) is 22.4 Å². The molecule has 1 fully saturated rings. The van der Waals surface area contributed by atoms with E-state index in [2.05, 4.69) is 42.5 Å². The number of rotatable bonds is 8. The van der Waals surface area contributed by atoms with Gasteiger partial charge in [0.25, 0.3) is 0 Å². The van der Waals surface area contributed by atoms with Crippen molar-refractivity contribution in [3.05, 3.63) is 90.7 Å². The van der Waals surface area contributed by atoms with Crippen LogP contribution in [-0.4, -0.2) is 17.6 Å². The molecular formula is C31H41NO2. The predicted molar refractivity (Wildman–Crippen MR) is 147 cm³/mol. The number of esters is 1. The van der Waals surface area contributed by atoms with Crippen molar-refractivity contribution < 1.29 is 9.53 Å². The normalized spacial score (nSPS) is 14.9. The summed E-state index contributed by atoms with van der Waals surface area (Å²) in [6.45, 7) is 19.0. The van der Waals surface area contributed by atoms with Gasteiger partial charge in [0.1, 0.15) is 0 Å². The highest BCUT2D eigenvalue weighted by atomic mass is 16.5. The van der Waals surface area contributed by atoms with E-state index in [1.54, 1.807) is 0 Å². The third kappa shape index (κ3) is 5.88. The van der Waals surface area contributed by atoms with Crippen molar-refractivity contribution in [3.8, 4) is 0 Å². The lowest BCUT2D eigenvalue weighted by molar-refractivity contribution is 0.0601. The van der Waals surface area contributed by atoms with E-state index in [0.29, 0.717) is 18.0 Å². The lowest BCUT2D eigenvalue weighted by Gasteiger charge is -2.20. The number of fused-ring (bicyclic) bond motifs is 1. The van der Waals surface area contributed by atoms with Gasteiger partial charge in [-0.2, -0.15) is 0 Å². The smallest absolute Gasteiger partial charge is 0.337 e. The van der Waals surface area contributed by atoms with E-state index in [1.165, 1.54) is 56.6 Å². The van der Waals surface area contributed by atoms with Crippen LogP contribution in [0.4, 0.5) is 0 Å². The summed E-state index contributed by atoms with van der Waals surface area (Å²) in [5, 5.41) is 1.20. The molecule has 1 saturated carbocycles. The number of hydrogen-bond acceptors (Lipinski definition) is 2. The van der Waals surface area contributed by atoms with Gasteiger partial charge in [-0.15, -0.1) is 6.58 Å². The van der Waals surface area contributed by atoms with Crippen LogP contribution in [0.5, 0.6) is 0 Å². The molecule has 0 atom stereocenters. The van der Waals surface area contributed by atoms with E-state index in [9.17, 15) is 4.79 Å². The molecule has 0 aliphatic heterocycles. The number of hydrogen-bond donors (Lipinski definition) is 0. The molecule has 1 heterocycles. The van der Waals surface area contributed by atoms with Gasteiger partial charge >= 0.3 is 5.97 Å². The van der Waals surface area contributed by atoms with Crippen LogP contribution in [0.15, 0.2) is 73.9 Å². The molecule has 0 spiro atoms. The Morgan fingerprint density at radius 3 is 2.38 bits per heavy atom. The topological polar surface area (TPSA) is 31.2 Å². The minimum Gasteiger partial charge on any atom is -0.465 e. The van der Waals surface area contributed by atoms with Gasteiger partial charge < -0.3 is 9.30 Å². The number of carbonyl (C=O) groups is 1. The van der Waals surface area contributed by atoms with Crippen molar-refractivity contribution in [3.63, 3.8) is 0 Å². The van der Waals surface area contributed by atoms with Crippen LogP contribution in [0.3, 0.4) is 0 Å². The Bertz CT molecular complexity index is 1070. The van der Waals surface area contributed by atoms with Crippen molar-refractivity contribution >= 4 is 22.4 Å². The van der Waals surface area contributed by atoms with Gasteiger partial charge in [-0.3, -0.25) is 0 Å². The molecule has 1 aromatic heterocycles. The van der Waals surface area contributed by atoms with Crippen molar-refractivity contribution in [2.45, 2.75) is 71.8 Å². The zero-order valence-electron chi connectivity index (χ0n) is 21.5. The average molecular weight is 460 g/mol. The van der Waals surface area contributed by atoms with Crippen molar-refractivity contribution in [2.75, 3.05) is 7.11 Å². The molecule has 1 aliphatic rings. The summed E-state index contributed by atoms with van der Waals surface area (Å²) in [6, 6.07) is 5.93. The quantitative estimate of drug-likeness (QED) is 0.171. The maximum Gasteiger partial charge on any atom is 0.337 e. The van der Waals surface area contributed by atoms with E-state index in [4.69, 9.17) is 4.74 Å². The first-order valence-corrected chi connectivity index (χ1v) is 12.6. The highest BCUT2D eigenvalue weighted by molar-refractivity contribution is 5.99. The highest BCUT2D eigenvalue weighted by Crippen LogP contribution is 2.43. The molecule has 3 heteroatoms. The fraction of sp³-hybridized carbons (Fsp3) is 0.387. The third-order valence-corrected chi connectivity index (χ3v) is 6.40. The van der Waals surface area contributed by atoms with Crippen LogP contribution >= 0.6 is 0 Å². The summed E-state index contributed by atoms with van der Waals surface area (Å²) >= 11 is 0. The standard InChI is InChI=1S/C29H35NO2.C2H6/c1-6-9-16-24(21(4)8-3)28-27(22-14-12-10-11-13-15-22)25-18-17-23(29(31)32-5)20-26(25)30(28)19-7-2;1-2/h6-9,16-18,20,22H,2-4,10-15,19H2,1,5H3;1-2H3/b9-6-,24-16+;. The summed E-state index contributed by atoms with van der Waals surface area (Å²) < 4.78 is 7.27. The lowest BCUT2D eigenvalue weighted by Crippen LogP contribution is -2.07. The van der Waals surface area contributed by atoms with Crippen molar-refractivity contribution in [1.29, 1.82) is 0 Å². The zero-order valence-corrected chi connectivity index (χ0v) is 21.5. The molecular weight excluding hydrogens is 418 g/mol. The van der Waals surface area contributed by atoms with E-state index in [-0.39, 0.29) is 5.97 Å². The number of methoxy groups -OCH3 is 1. The Labute approximate surface area is 206 Å². The summed E-state index contributed by atoms with van der Waals surface area (Å²) in [4.78, 5) is 12.3. The van der Waals surface area contributed by atoms with Gasteiger partial charge in [-0.25, -0.2) is 4.79 Å². The zero-order chi connectivity index (χ0) is 25.1. The van der Waals surface area contributed by atoms with Crippen LogP contribution in [0, 0.1) is 0 Å². The lowest BCUT2D eigenvalue weighted by atomic mass is 9.86. The molecule has 1 aliphatic carbocycles. The monoisotopic (exact) mass is 459 g/mol. The molecule has 2 aromatic rings. The second kappa shape index (κ2) is 13.6. The molecule has 182 valence electrons. The SMILES string of the molecule is C=CCn1c(/C(=C/C=C\C)C(=C)C=C)c(C2CCCCCC2)c2ccc(C(=O)OC)cc21.CC. The van der Waals surface area contributed by atoms with Crippen molar-refractivity contribution in [2.24, 2.45) is 0 Å². The molecule has 3 rings (SSSR count).